The van der Waals surface area contributed by atoms with E-state index in [4.69, 9.17) is 14.6 Å². The van der Waals surface area contributed by atoms with Gasteiger partial charge in [-0.3, -0.25) is 19.3 Å². The van der Waals surface area contributed by atoms with Gasteiger partial charge in [0.25, 0.3) is 0 Å². The maximum absolute atomic E-state index is 14.2. The van der Waals surface area contributed by atoms with Crippen molar-refractivity contribution >= 4 is 35.3 Å². The molecule has 1 fully saturated rings. The molecule has 0 bridgehead atoms. The van der Waals surface area contributed by atoms with Gasteiger partial charge in [-0.2, -0.15) is 5.10 Å². The van der Waals surface area contributed by atoms with Crippen LogP contribution in [-0.2, 0) is 14.4 Å². The van der Waals surface area contributed by atoms with Gasteiger partial charge in [-0.15, -0.1) is 11.8 Å². The molecule has 1 aromatic heterocycles. The smallest absolute Gasteiger partial charge is 0.242 e. The Hall–Kier alpha value is -4.77. The lowest BCUT2D eigenvalue weighted by molar-refractivity contribution is -0.137. The lowest BCUT2D eigenvalue weighted by Gasteiger charge is -2.35. The van der Waals surface area contributed by atoms with E-state index in [1.54, 1.807) is 33.6 Å². The molecule has 3 heterocycles. The van der Waals surface area contributed by atoms with Crippen LogP contribution in [-0.4, -0.2) is 90.0 Å². The highest BCUT2D eigenvalue weighted by molar-refractivity contribution is 8.00. The summed E-state index contributed by atoms with van der Waals surface area (Å²) in [4.78, 5) is 45.0. The molecular weight excluding hydrogens is 602 g/mol. The first kappa shape index (κ1) is 31.2. The van der Waals surface area contributed by atoms with E-state index < -0.39 is 0 Å². The van der Waals surface area contributed by atoms with Gasteiger partial charge in [-0.25, -0.2) is 4.68 Å². The second-order valence-corrected chi connectivity index (χ2v) is 12.5. The predicted molar refractivity (Wildman–Crippen MR) is 179 cm³/mol. The largest absolute Gasteiger partial charge is 0.497 e. The molecule has 11 heteroatoms. The number of ether oxygens (including phenoxy) is 2. The Bertz CT molecular complexity index is 1750. The summed E-state index contributed by atoms with van der Waals surface area (Å²) in [6, 6.07) is 23.5. The molecule has 2 aliphatic rings. The summed E-state index contributed by atoms with van der Waals surface area (Å²) >= 11 is 1.48. The van der Waals surface area contributed by atoms with Gasteiger partial charge in [0.15, 0.2) is 0 Å². The summed E-state index contributed by atoms with van der Waals surface area (Å²) in [5, 5.41) is 4.80. The van der Waals surface area contributed by atoms with Gasteiger partial charge in [-0.05, 0) is 37.3 Å². The van der Waals surface area contributed by atoms with E-state index in [2.05, 4.69) is 0 Å². The summed E-state index contributed by atoms with van der Waals surface area (Å²) < 4.78 is 13.2. The number of thioether (sulfide) groups is 1. The van der Waals surface area contributed by atoms with E-state index in [-0.39, 0.29) is 35.3 Å². The molecule has 0 unspecified atom stereocenters. The van der Waals surface area contributed by atoms with E-state index in [0.29, 0.717) is 49.2 Å². The van der Waals surface area contributed by atoms with Gasteiger partial charge >= 0.3 is 0 Å². The highest BCUT2D eigenvalue weighted by atomic mass is 32.2. The molecule has 0 saturated carbocycles. The van der Waals surface area contributed by atoms with Crippen molar-refractivity contribution in [3.05, 3.63) is 89.5 Å². The summed E-state index contributed by atoms with van der Waals surface area (Å²) in [7, 11) is 3.25. The third-order valence-electron chi connectivity index (χ3n) is 8.51. The number of benzene rings is 3. The van der Waals surface area contributed by atoms with Crippen LogP contribution in [0.15, 0.2) is 72.8 Å². The first-order valence-corrected chi connectivity index (χ1v) is 16.3. The number of hydrogen-bond acceptors (Lipinski definition) is 7. The fraction of sp³-hybridized carbons (Fsp3) is 0.314. The lowest BCUT2D eigenvalue weighted by Crippen LogP contribution is -2.53. The number of carbonyl (C=O) groups excluding carboxylic acids is 3. The molecule has 1 saturated heterocycles. The van der Waals surface area contributed by atoms with Gasteiger partial charge in [-0.1, -0.05) is 48.0 Å². The minimum atomic E-state index is -0.377. The van der Waals surface area contributed by atoms with Crippen LogP contribution in [0.4, 0.5) is 5.82 Å². The number of rotatable bonds is 7. The number of piperazine rings is 1. The van der Waals surface area contributed by atoms with Crippen LogP contribution < -0.4 is 14.4 Å². The Morgan fingerprint density at radius 3 is 2.26 bits per heavy atom. The molecule has 3 amide bonds. The number of anilines is 1. The zero-order valence-corrected chi connectivity index (χ0v) is 27.3. The number of amides is 3. The normalized spacial score (nSPS) is 16.6. The molecule has 238 valence electrons. The van der Waals surface area contributed by atoms with Crippen LogP contribution in [0.1, 0.15) is 28.9 Å². The van der Waals surface area contributed by atoms with Crippen molar-refractivity contribution in [3.63, 3.8) is 0 Å². The highest BCUT2D eigenvalue weighted by Gasteiger charge is 2.39. The fourth-order valence-corrected chi connectivity index (χ4v) is 7.20. The molecular formula is C35H37N5O5S. The van der Waals surface area contributed by atoms with Gasteiger partial charge in [0.2, 0.25) is 17.7 Å². The lowest BCUT2D eigenvalue weighted by atomic mass is 9.98. The first-order chi connectivity index (χ1) is 22.3. The van der Waals surface area contributed by atoms with E-state index >= 15 is 0 Å². The van der Waals surface area contributed by atoms with Crippen LogP contribution in [0.5, 0.6) is 11.5 Å². The van der Waals surface area contributed by atoms with Crippen molar-refractivity contribution in [2.24, 2.45) is 0 Å². The second-order valence-electron chi connectivity index (χ2n) is 11.4. The third-order valence-corrected chi connectivity index (χ3v) is 9.74. The molecule has 10 nitrogen and oxygen atoms in total. The zero-order valence-electron chi connectivity index (χ0n) is 26.4. The predicted octanol–water partition coefficient (Wildman–Crippen LogP) is 4.72. The van der Waals surface area contributed by atoms with Crippen molar-refractivity contribution in [1.82, 2.24) is 19.6 Å². The molecule has 46 heavy (non-hydrogen) atoms. The molecule has 0 spiro atoms. The van der Waals surface area contributed by atoms with E-state index in [0.717, 1.165) is 27.9 Å². The second kappa shape index (κ2) is 13.3. The van der Waals surface area contributed by atoms with Crippen molar-refractivity contribution in [2.75, 3.05) is 57.6 Å². The van der Waals surface area contributed by atoms with Crippen LogP contribution >= 0.6 is 11.8 Å². The number of fused-ring (bicyclic) bond motifs is 1. The third kappa shape index (κ3) is 6.06. The average Bonchev–Trinajstić information content (AvgIpc) is 3.41. The van der Waals surface area contributed by atoms with Gasteiger partial charge < -0.3 is 19.3 Å². The summed E-state index contributed by atoms with van der Waals surface area (Å²) in [5.74, 6) is 1.62. The molecule has 3 aromatic carbocycles. The summed E-state index contributed by atoms with van der Waals surface area (Å²) in [6.45, 7) is 5.17. The van der Waals surface area contributed by atoms with Crippen molar-refractivity contribution in [2.45, 2.75) is 19.1 Å². The molecule has 0 aliphatic carbocycles. The van der Waals surface area contributed by atoms with Gasteiger partial charge in [0, 0.05) is 49.8 Å². The van der Waals surface area contributed by atoms with Crippen LogP contribution in [0.25, 0.3) is 16.9 Å². The zero-order chi connectivity index (χ0) is 32.4. The Balaban J connectivity index is 1.55. The topological polar surface area (TPSA) is 97.2 Å². The van der Waals surface area contributed by atoms with Gasteiger partial charge in [0.1, 0.15) is 23.9 Å². The Labute approximate surface area is 272 Å². The van der Waals surface area contributed by atoms with Crippen molar-refractivity contribution in [1.29, 1.82) is 0 Å². The molecule has 4 aromatic rings. The molecule has 0 N–H and O–H groups in total. The minimum absolute atomic E-state index is 0.00841. The number of hydrogen-bond donors (Lipinski definition) is 0. The maximum Gasteiger partial charge on any atom is 0.242 e. The van der Waals surface area contributed by atoms with Crippen LogP contribution in [0.2, 0.25) is 0 Å². The highest BCUT2D eigenvalue weighted by Crippen LogP contribution is 2.51. The van der Waals surface area contributed by atoms with E-state index in [9.17, 15) is 14.4 Å². The van der Waals surface area contributed by atoms with Crippen LogP contribution in [0, 0.1) is 6.92 Å². The van der Waals surface area contributed by atoms with Crippen molar-refractivity contribution in [3.8, 4) is 28.4 Å². The number of methoxy groups -OCH3 is 2. The minimum Gasteiger partial charge on any atom is -0.497 e. The Kier molecular flexibility index (Phi) is 9.03. The number of nitrogens with zero attached hydrogens (tertiary/aromatic N) is 5. The maximum atomic E-state index is 14.2. The summed E-state index contributed by atoms with van der Waals surface area (Å²) in [6.07, 6.45) is 0. The Morgan fingerprint density at radius 2 is 1.61 bits per heavy atom. The monoisotopic (exact) mass is 639 g/mol. The quantitative estimate of drug-likeness (QED) is 0.289. The number of aromatic nitrogens is 2. The molecule has 1 atom stereocenters. The standard InChI is InChI=1S/C35H37N5O5S/c1-23-10-12-26(13-11-23)40-35-32(33(36-40)25-8-6-5-7-9-25)34(28-20-27(44-3)14-15-29(28)45-4)46-22-31(43)39(35)21-30(42)38-18-16-37(17-19-38)24(2)41/h5-15,20,34H,16-19,21-22H2,1-4H3/t34-/m1/s1. The number of carbonyl (C=O) groups is 3. The van der Waals surface area contributed by atoms with Crippen LogP contribution in [0.3, 0.4) is 0 Å². The van der Waals surface area contributed by atoms with E-state index in [1.807, 2.05) is 79.7 Å². The Morgan fingerprint density at radius 1 is 0.913 bits per heavy atom. The first-order valence-electron chi connectivity index (χ1n) is 15.2. The molecule has 2 aliphatic heterocycles. The van der Waals surface area contributed by atoms with Gasteiger partial charge in [0.05, 0.1) is 36.6 Å². The molecule has 6 rings (SSSR count). The molecule has 0 radical (unpaired) electrons. The average molecular weight is 640 g/mol. The fourth-order valence-electron chi connectivity index (χ4n) is 5.99. The van der Waals surface area contributed by atoms with E-state index in [1.165, 1.54) is 18.7 Å². The summed E-state index contributed by atoms with van der Waals surface area (Å²) in [5.41, 5.74) is 5.11. The van der Waals surface area contributed by atoms with Crippen molar-refractivity contribution < 1.29 is 23.9 Å². The number of aryl methyl sites for hydroxylation is 1. The SMILES string of the molecule is COc1ccc(OC)c([C@H]2SCC(=O)N(CC(=O)N3CCN(C(C)=O)CC3)c3c2c(-c2ccccc2)nn3-c2ccc(C)cc2)c1.